The van der Waals surface area contributed by atoms with Crippen molar-refractivity contribution < 1.29 is 0 Å². The number of benzene rings is 1. The van der Waals surface area contributed by atoms with Gasteiger partial charge in [-0.1, -0.05) is 26.0 Å². The zero-order valence-electron chi connectivity index (χ0n) is 9.41. The van der Waals surface area contributed by atoms with Gasteiger partial charge in [-0.05, 0) is 18.9 Å². The molecule has 0 amide bonds. The molecule has 0 aliphatic carbocycles. The van der Waals surface area contributed by atoms with Crippen molar-refractivity contribution in [2.75, 3.05) is 5.32 Å². The lowest BCUT2D eigenvalue weighted by molar-refractivity contribution is 0.560. The fourth-order valence-electron chi connectivity index (χ4n) is 1.50. The lowest BCUT2D eigenvalue weighted by Crippen LogP contribution is -2.21. The van der Waals surface area contributed by atoms with Crippen LogP contribution >= 0.6 is 0 Å². The van der Waals surface area contributed by atoms with Crippen molar-refractivity contribution in [1.29, 1.82) is 0 Å². The Morgan fingerprint density at radius 1 is 1.27 bits per heavy atom. The van der Waals surface area contributed by atoms with Gasteiger partial charge in [-0.2, -0.15) is 5.10 Å². The number of para-hydroxylation sites is 1. The van der Waals surface area contributed by atoms with Crippen LogP contribution in [0.2, 0.25) is 0 Å². The number of aromatic amines is 1. The number of hydrogen-bond donors (Lipinski definition) is 2. The van der Waals surface area contributed by atoms with Crippen molar-refractivity contribution in [3.8, 4) is 0 Å². The molecule has 3 heteroatoms. The fraction of sp³-hybridized carbons (Fsp3) is 0.417. The van der Waals surface area contributed by atoms with Crippen LogP contribution in [0.5, 0.6) is 0 Å². The van der Waals surface area contributed by atoms with Crippen LogP contribution in [-0.4, -0.2) is 16.2 Å². The predicted octanol–water partition coefficient (Wildman–Crippen LogP) is 3.02. The molecule has 0 unspecified atom stereocenters. The molecule has 0 aliphatic heterocycles. The lowest BCUT2D eigenvalue weighted by Gasteiger charge is -2.19. The van der Waals surface area contributed by atoms with Gasteiger partial charge in [0.15, 0.2) is 0 Å². The summed E-state index contributed by atoms with van der Waals surface area (Å²) >= 11 is 0. The van der Waals surface area contributed by atoms with Gasteiger partial charge in [-0.25, -0.2) is 0 Å². The first-order valence-corrected chi connectivity index (χ1v) is 5.37. The van der Waals surface area contributed by atoms with E-state index in [9.17, 15) is 0 Å². The third kappa shape index (κ3) is 1.96. The number of rotatable bonds is 3. The molecule has 0 saturated carbocycles. The molecule has 0 aliphatic rings. The third-order valence-electron chi connectivity index (χ3n) is 2.86. The molecule has 1 atom stereocenters. The van der Waals surface area contributed by atoms with Crippen LogP contribution < -0.4 is 5.32 Å². The zero-order chi connectivity index (χ0) is 10.8. The Hall–Kier alpha value is -1.51. The van der Waals surface area contributed by atoms with Crippen molar-refractivity contribution in [1.82, 2.24) is 10.2 Å². The second-order valence-corrected chi connectivity index (χ2v) is 4.32. The molecule has 0 spiro atoms. The quantitative estimate of drug-likeness (QED) is 0.805. The van der Waals surface area contributed by atoms with Gasteiger partial charge in [-0.3, -0.25) is 5.10 Å². The van der Waals surface area contributed by atoms with E-state index in [4.69, 9.17) is 0 Å². The van der Waals surface area contributed by atoms with Gasteiger partial charge in [0.05, 0.1) is 17.4 Å². The molecule has 0 radical (unpaired) electrons. The van der Waals surface area contributed by atoms with Crippen molar-refractivity contribution in [3.63, 3.8) is 0 Å². The highest BCUT2D eigenvalue weighted by Crippen LogP contribution is 2.22. The minimum atomic E-state index is 0.457. The van der Waals surface area contributed by atoms with E-state index in [2.05, 4.69) is 48.4 Å². The highest BCUT2D eigenvalue weighted by Gasteiger charge is 2.09. The molecule has 15 heavy (non-hydrogen) atoms. The molecular weight excluding hydrogens is 186 g/mol. The molecule has 1 aromatic heterocycles. The number of nitrogens with zero attached hydrogens (tertiary/aromatic N) is 1. The van der Waals surface area contributed by atoms with Crippen LogP contribution in [0.25, 0.3) is 10.9 Å². The van der Waals surface area contributed by atoms with E-state index in [0.717, 1.165) is 16.6 Å². The minimum Gasteiger partial charge on any atom is -0.381 e. The number of aromatic nitrogens is 2. The molecule has 0 bridgehead atoms. The van der Waals surface area contributed by atoms with Gasteiger partial charge in [0.2, 0.25) is 0 Å². The molecule has 0 saturated heterocycles. The Kier molecular flexibility index (Phi) is 2.62. The first kappa shape index (κ1) is 10.0. The standard InChI is InChI=1S/C12H17N3/c1-8(2)9(3)14-11-6-4-5-10-7-13-15-12(10)11/h4-9,14H,1-3H3,(H,13,15)/t9-/m0/s1. The van der Waals surface area contributed by atoms with Crippen LogP contribution in [-0.2, 0) is 0 Å². The maximum Gasteiger partial charge on any atom is 0.0881 e. The summed E-state index contributed by atoms with van der Waals surface area (Å²) in [5.74, 6) is 0.614. The molecular formula is C12H17N3. The zero-order valence-corrected chi connectivity index (χ0v) is 9.41. The average Bonchev–Trinajstić information content (AvgIpc) is 2.66. The largest absolute Gasteiger partial charge is 0.381 e. The summed E-state index contributed by atoms with van der Waals surface area (Å²) in [7, 11) is 0. The average molecular weight is 203 g/mol. The van der Waals surface area contributed by atoms with Crippen molar-refractivity contribution in [2.45, 2.75) is 26.8 Å². The van der Waals surface area contributed by atoms with Crippen LogP contribution in [0.3, 0.4) is 0 Å². The second kappa shape index (κ2) is 3.93. The number of hydrogen-bond acceptors (Lipinski definition) is 2. The Balaban J connectivity index is 2.31. The van der Waals surface area contributed by atoms with E-state index in [-0.39, 0.29) is 0 Å². The number of H-pyrrole nitrogens is 1. The summed E-state index contributed by atoms with van der Waals surface area (Å²) < 4.78 is 0. The first-order valence-electron chi connectivity index (χ1n) is 5.37. The Morgan fingerprint density at radius 3 is 2.80 bits per heavy atom. The molecule has 1 aromatic carbocycles. The minimum absolute atomic E-state index is 0.457. The summed E-state index contributed by atoms with van der Waals surface area (Å²) in [6.07, 6.45) is 1.85. The van der Waals surface area contributed by atoms with Crippen LogP contribution in [0.1, 0.15) is 20.8 Å². The van der Waals surface area contributed by atoms with Gasteiger partial charge in [-0.15, -0.1) is 0 Å². The number of nitrogens with one attached hydrogen (secondary N) is 2. The van der Waals surface area contributed by atoms with Crippen LogP contribution in [0.15, 0.2) is 24.4 Å². The summed E-state index contributed by atoms with van der Waals surface area (Å²) in [4.78, 5) is 0. The lowest BCUT2D eigenvalue weighted by atomic mass is 10.1. The topological polar surface area (TPSA) is 40.7 Å². The normalized spacial score (nSPS) is 13.3. The smallest absolute Gasteiger partial charge is 0.0881 e. The summed E-state index contributed by atoms with van der Waals surface area (Å²) in [6.45, 7) is 6.62. The van der Waals surface area contributed by atoms with E-state index in [1.165, 1.54) is 0 Å². The maximum absolute atomic E-state index is 4.05. The van der Waals surface area contributed by atoms with Crippen molar-refractivity contribution in [2.24, 2.45) is 5.92 Å². The van der Waals surface area contributed by atoms with Gasteiger partial charge >= 0.3 is 0 Å². The Labute approximate surface area is 89.9 Å². The van der Waals surface area contributed by atoms with Gasteiger partial charge < -0.3 is 5.32 Å². The summed E-state index contributed by atoms with van der Waals surface area (Å²) in [5, 5.41) is 11.7. The first-order chi connectivity index (χ1) is 7.18. The molecule has 80 valence electrons. The number of fused-ring (bicyclic) bond motifs is 1. The molecule has 1 heterocycles. The molecule has 2 aromatic rings. The monoisotopic (exact) mass is 203 g/mol. The highest BCUT2D eigenvalue weighted by molar-refractivity contribution is 5.89. The fourth-order valence-corrected chi connectivity index (χ4v) is 1.50. The van der Waals surface area contributed by atoms with Gasteiger partial charge in [0.1, 0.15) is 0 Å². The van der Waals surface area contributed by atoms with E-state index in [1.54, 1.807) is 0 Å². The van der Waals surface area contributed by atoms with Crippen LogP contribution in [0, 0.1) is 5.92 Å². The predicted molar refractivity (Wildman–Crippen MR) is 64.0 cm³/mol. The molecule has 3 nitrogen and oxygen atoms in total. The van der Waals surface area contributed by atoms with Gasteiger partial charge in [0, 0.05) is 11.4 Å². The van der Waals surface area contributed by atoms with E-state index < -0.39 is 0 Å². The second-order valence-electron chi connectivity index (χ2n) is 4.32. The van der Waals surface area contributed by atoms with E-state index in [0.29, 0.717) is 12.0 Å². The van der Waals surface area contributed by atoms with Crippen molar-refractivity contribution >= 4 is 16.6 Å². The molecule has 0 fully saturated rings. The third-order valence-corrected chi connectivity index (χ3v) is 2.86. The molecule has 2 rings (SSSR count). The van der Waals surface area contributed by atoms with E-state index in [1.807, 2.05) is 12.3 Å². The number of anilines is 1. The van der Waals surface area contributed by atoms with Gasteiger partial charge in [0.25, 0.3) is 0 Å². The Morgan fingerprint density at radius 2 is 2.07 bits per heavy atom. The highest BCUT2D eigenvalue weighted by atomic mass is 15.1. The SMILES string of the molecule is CC(C)[C@H](C)Nc1cccc2cn[nH]c12. The molecule has 2 N–H and O–H groups in total. The summed E-state index contributed by atoms with van der Waals surface area (Å²) in [5.41, 5.74) is 2.22. The van der Waals surface area contributed by atoms with Crippen LogP contribution in [0.4, 0.5) is 5.69 Å². The van der Waals surface area contributed by atoms with E-state index >= 15 is 0 Å². The summed E-state index contributed by atoms with van der Waals surface area (Å²) in [6, 6.07) is 6.65. The Bertz CT molecular complexity index is 445. The van der Waals surface area contributed by atoms with Crippen molar-refractivity contribution in [3.05, 3.63) is 24.4 Å². The maximum atomic E-state index is 4.05.